The molecule has 2 heteroatoms. The number of hydrogen-bond acceptors (Lipinski definition) is 1. The maximum Gasteiger partial charge on any atom is 0.162 e. The Labute approximate surface area is 87.3 Å². The Balaban J connectivity index is 3.05. The smallest absolute Gasteiger partial charge is 0.162 e. The van der Waals surface area contributed by atoms with E-state index in [2.05, 4.69) is 22.0 Å². The van der Waals surface area contributed by atoms with Crippen molar-refractivity contribution in [3.63, 3.8) is 0 Å². The lowest BCUT2D eigenvalue weighted by Gasteiger charge is -2.04. The van der Waals surface area contributed by atoms with Crippen molar-refractivity contribution in [2.24, 2.45) is 0 Å². The summed E-state index contributed by atoms with van der Waals surface area (Å²) in [6, 6.07) is 5.96. The van der Waals surface area contributed by atoms with E-state index < -0.39 is 0 Å². The van der Waals surface area contributed by atoms with Crippen LogP contribution in [0.25, 0.3) is 0 Å². The van der Waals surface area contributed by atoms with Gasteiger partial charge in [0.2, 0.25) is 0 Å². The number of alkyl halides is 1. The lowest BCUT2D eigenvalue weighted by atomic mass is 10.0. The number of carbonyl (C=O) groups excluding carboxylic acids is 1. The molecular formula is C11H13BrO. The molecule has 0 N–H and O–H groups in total. The van der Waals surface area contributed by atoms with Gasteiger partial charge in [0.05, 0.1) is 0 Å². The SMILES string of the molecule is CCC(=O)c1ccc(CBr)cc1C. The molecule has 13 heavy (non-hydrogen) atoms. The van der Waals surface area contributed by atoms with Crippen LogP contribution in [0.3, 0.4) is 0 Å². The van der Waals surface area contributed by atoms with Crippen LogP contribution in [0.2, 0.25) is 0 Å². The highest BCUT2D eigenvalue weighted by Gasteiger charge is 2.06. The minimum atomic E-state index is 0.221. The van der Waals surface area contributed by atoms with E-state index in [-0.39, 0.29) is 5.78 Å². The lowest BCUT2D eigenvalue weighted by Crippen LogP contribution is -1.99. The number of aryl methyl sites for hydroxylation is 1. The third-order valence-corrected chi connectivity index (χ3v) is 2.71. The molecule has 1 nitrogen and oxygen atoms in total. The Morgan fingerprint density at radius 1 is 1.46 bits per heavy atom. The Bertz CT molecular complexity index is 318. The number of halogens is 1. The van der Waals surface area contributed by atoms with Gasteiger partial charge in [0.25, 0.3) is 0 Å². The standard InChI is InChI=1S/C11H13BrO/c1-3-11(13)10-5-4-9(7-12)6-8(10)2/h4-6H,3,7H2,1-2H3. The molecule has 0 heterocycles. The number of carbonyl (C=O) groups is 1. The van der Waals surface area contributed by atoms with Gasteiger partial charge in [-0.15, -0.1) is 0 Å². The van der Waals surface area contributed by atoms with Gasteiger partial charge in [-0.2, -0.15) is 0 Å². The fourth-order valence-corrected chi connectivity index (χ4v) is 1.66. The second kappa shape index (κ2) is 4.56. The topological polar surface area (TPSA) is 17.1 Å². The summed E-state index contributed by atoms with van der Waals surface area (Å²) >= 11 is 3.39. The van der Waals surface area contributed by atoms with E-state index in [1.54, 1.807) is 0 Å². The number of Topliss-reactive ketones (excluding diaryl/α,β-unsaturated/α-hetero) is 1. The zero-order valence-corrected chi connectivity index (χ0v) is 9.52. The fraction of sp³-hybridized carbons (Fsp3) is 0.364. The average Bonchev–Trinajstić information content (AvgIpc) is 2.16. The number of benzene rings is 1. The zero-order valence-electron chi connectivity index (χ0n) is 7.93. The quantitative estimate of drug-likeness (QED) is 0.584. The summed E-state index contributed by atoms with van der Waals surface area (Å²) in [5.41, 5.74) is 3.14. The van der Waals surface area contributed by atoms with Gasteiger partial charge >= 0.3 is 0 Å². The molecule has 0 saturated carbocycles. The molecule has 1 rings (SSSR count). The first kappa shape index (κ1) is 10.5. The van der Waals surface area contributed by atoms with Crippen molar-refractivity contribution in [1.29, 1.82) is 0 Å². The molecule has 70 valence electrons. The fourth-order valence-electron chi connectivity index (χ4n) is 1.31. The van der Waals surface area contributed by atoms with Gasteiger partial charge in [0.15, 0.2) is 5.78 Å². The van der Waals surface area contributed by atoms with Crippen LogP contribution >= 0.6 is 15.9 Å². The minimum Gasteiger partial charge on any atom is -0.294 e. The third kappa shape index (κ3) is 2.41. The minimum absolute atomic E-state index is 0.221. The molecule has 0 amide bonds. The van der Waals surface area contributed by atoms with Gasteiger partial charge in [-0.1, -0.05) is 41.1 Å². The maximum absolute atomic E-state index is 11.4. The molecule has 0 atom stereocenters. The molecule has 1 aromatic carbocycles. The van der Waals surface area contributed by atoms with Crippen molar-refractivity contribution < 1.29 is 4.79 Å². The Kier molecular flexibility index (Phi) is 3.67. The number of rotatable bonds is 3. The molecule has 0 bridgehead atoms. The normalized spacial score (nSPS) is 10.1. The molecule has 0 spiro atoms. The van der Waals surface area contributed by atoms with Crippen molar-refractivity contribution in [2.75, 3.05) is 0 Å². The molecule has 0 aliphatic carbocycles. The van der Waals surface area contributed by atoms with Crippen molar-refractivity contribution in [2.45, 2.75) is 25.6 Å². The first-order valence-electron chi connectivity index (χ1n) is 4.37. The second-order valence-corrected chi connectivity index (χ2v) is 3.62. The number of hydrogen-bond donors (Lipinski definition) is 0. The van der Waals surface area contributed by atoms with Gasteiger partial charge in [-0.25, -0.2) is 0 Å². The predicted molar refractivity (Wildman–Crippen MR) is 58.4 cm³/mol. The van der Waals surface area contributed by atoms with Crippen LogP contribution in [0.15, 0.2) is 18.2 Å². The molecule has 0 aromatic heterocycles. The van der Waals surface area contributed by atoms with Crippen molar-refractivity contribution >= 4 is 21.7 Å². The third-order valence-electron chi connectivity index (χ3n) is 2.07. The van der Waals surface area contributed by atoms with Crippen LogP contribution in [0.5, 0.6) is 0 Å². The van der Waals surface area contributed by atoms with E-state index in [9.17, 15) is 4.79 Å². The monoisotopic (exact) mass is 240 g/mol. The summed E-state index contributed by atoms with van der Waals surface area (Å²) in [7, 11) is 0. The summed E-state index contributed by atoms with van der Waals surface area (Å²) < 4.78 is 0. The van der Waals surface area contributed by atoms with Crippen LogP contribution in [0.1, 0.15) is 34.8 Å². The van der Waals surface area contributed by atoms with E-state index in [1.165, 1.54) is 5.56 Å². The predicted octanol–water partition coefficient (Wildman–Crippen LogP) is 3.48. The first-order valence-corrected chi connectivity index (χ1v) is 5.50. The van der Waals surface area contributed by atoms with Crippen molar-refractivity contribution in [3.05, 3.63) is 34.9 Å². The van der Waals surface area contributed by atoms with Crippen LogP contribution < -0.4 is 0 Å². The molecule has 0 saturated heterocycles. The molecule has 0 fully saturated rings. The maximum atomic E-state index is 11.4. The second-order valence-electron chi connectivity index (χ2n) is 3.06. The first-order chi connectivity index (χ1) is 6.19. The van der Waals surface area contributed by atoms with E-state index >= 15 is 0 Å². The van der Waals surface area contributed by atoms with Gasteiger partial charge in [0.1, 0.15) is 0 Å². The summed E-state index contributed by atoms with van der Waals surface area (Å²) in [6.07, 6.45) is 0.578. The summed E-state index contributed by atoms with van der Waals surface area (Å²) in [6.45, 7) is 3.87. The number of ketones is 1. The van der Waals surface area contributed by atoms with Crippen molar-refractivity contribution in [1.82, 2.24) is 0 Å². The highest BCUT2D eigenvalue weighted by Crippen LogP contribution is 2.14. The molecule has 0 aliphatic rings. The van der Waals surface area contributed by atoms with Crippen LogP contribution in [-0.2, 0) is 5.33 Å². The van der Waals surface area contributed by atoms with Gasteiger partial charge in [0, 0.05) is 17.3 Å². The Morgan fingerprint density at radius 3 is 2.62 bits per heavy atom. The van der Waals surface area contributed by atoms with Crippen LogP contribution in [0, 0.1) is 6.92 Å². The Hall–Kier alpha value is -0.630. The van der Waals surface area contributed by atoms with Gasteiger partial charge in [-0.05, 0) is 18.1 Å². The molecule has 1 aromatic rings. The average molecular weight is 241 g/mol. The van der Waals surface area contributed by atoms with Crippen LogP contribution in [0.4, 0.5) is 0 Å². The Morgan fingerprint density at radius 2 is 2.15 bits per heavy atom. The van der Waals surface area contributed by atoms with E-state index in [0.717, 1.165) is 16.5 Å². The zero-order chi connectivity index (χ0) is 9.84. The van der Waals surface area contributed by atoms with Gasteiger partial charge in [-0.3, -0.25) is 4.79 Å². The van der Waals surface area contributed by atoms with E-state index in [0.29, 0.717) is 6.42 Å². The van der Waals surface area contributed by atoms with Crippen molar-refractivity contribution in [3.8, 4) is 0 Å². The summed E-state index contributed by atoms with van der Waals surface area (Å²) in [5, 5.41) is 0.842. The highest BCUT2D eigenvalue weighted by atomic mass is 79.9. The summed E-state index contributed by atoms with van der Waals surface area (Å²) in [5.74, 6) is 0.221. The molecule has 0 radical (unpaired) electrons. The van der Waals surface area contributed by atoms with Crippen LogP contribution in [-0.4, -0.2) is 5.78 Å². The largest absolute Gasteiger partial charge is 0.294 e. The van der Waals surface area contributed by atoms with E-state index in [1.807, 2.05) is 26.0 Å². The lowest BCUT2D eigenvalue weighted by molar-refractivity contribution is 0.0987. The van der Waals surface area contributed by atoms with E-state index in [4.69, 9.17) is 0 Å². The highest BCUT2D eigenvalue weighted by molar-refractivity contribution is 9.08. The molecular weight excluding hydrogens is 228 g/mol. The summed E-state index contributed by atoms with van der Waals surface area (Å²) in [4.78, 5) is 11.4. The molecule has 0 unspecified atom stereocenters. The molecule has 0 aliphatic heterocycles. The van der Waals surface area contributed by atoms with Gasteiger partial charge < -0.3 is 0 Å².